The van der Waals surface area contributed by atoms with Gasteiger partial charge in [0.25, 0.3) is 5.91 Å². The third-order valence-electron chi connectivity index (χ3n) is 6.88. The number of likely N-dealkylation sites (tertiary alicyclic amines) is 1. The molecular weight excluding hydrogens is 497 g/mol. The summed E-state index contributed by atoms with van der Waals surface area (Å²) in [6.45, 7) is 4.60. The standard InChI is InChI=1S/C23H24FN3O3.C4H4O4/c1-23(29)19-5-3-2-4-17(19)22(28)27(23)13-12-26-10-8-15(9-11-26)21-18-7-6-16(24)14-20(18)30-25-21;5-3(6)1-2-4(7)8/h2-7,14-15,29H,8-13H2,1H3;1-2H,(H,5,6)(H,7,8). The van der Waals surface area contributed by atoms with Crippen LogP contribution in [0.4, 0.5) is 4.39 Å². The van der Waals surface area contributed by atoms with Crippen molar-refractivity contribution in [3.8, 4) is 0 Å². The average Bonchev–Trinajstić information content (AvgIpc) is 3.38. The van der Waals surface area contributed by atoms with E-state index in [2.05, 4.69) is 10.1 Å². The molecule has 2 aliphatic rings. The van der Waals surface area contributed by atoms with Crippen molar-refractivity contribution in [1.82, 2.24) is 15.0 Å². The second kappa shape index (κ2) is 11.1. The van der Waals surface area contributed by atoms with Gasteiger partial charge in [-0.3, -0.25) is 4.79 Å². The molecule has 3 aromatic rings. The Morgan fingerprint density at radius 3 is 2.39 bits per heavy atom. The van der Waals surface area contributed by atoms with Gasteiger partial charge >= 0.3 is 11.9 Å². The van der Waals surface area contributed by atoms with Crippen LogP contribution in [0.2, 0.25) is 0 Å². The second-order valence-corrected chi connectivity index (χ2v) is 9.36. The molecule has 3 N–H and O–H groups in total. The van der Waals surface area contributed by atoms with Crippen LogP contribution >= 0.6 is 0 Å². The zero-order valence-corrected chi connectivity index (χ0v) is 20.7. The van der Waals surface area contributed by atoms with E-state index in [0.717, 1.165) is 37.0 Å². The van der Waals surface area contributed by atoms with Gasteiger partial charge in [-0.2, -0.15) is 0 Å². The summed E-state index contributed by atoms with van der Waals surface area (Å²) in [5, 5.41) is 31.6. The minimum Gasteiger partial charge on any atom is -0.478 e. The minimum atomic E-state index is -1.28. The lowest BCUT2D eigenvalue weighted by atomic mass is 9.91. The molecule has 5 rings (SSSR count). The van der Waals surface area contributed by atoms with Gasteiger partial charge in [0, 0.05) is 53.7 Å². The lowest BCUT2D eigenvalue weighted by Gasteiger charge is -2.35. The van der Waals surface area contributed by atoms with Crippen LogP contribution in [0.5, 0.6) is 0 Å². The molecule has 200 valence electrons. The number of piperidine rings is 1. The Morgan fingerprint density at radius 2 is 1.76 bits per heavy atom. The molecule has 38 heavy (non-hydrogen) atoms. The number of aliphatic carboxylic acids is 2. The molecule has 0 aliphatic carbocycles. The Labute approximate surface area is 217 Å². The molecule has 10 nitrogen and oxygen atoms in total. The van der Waals surface area contributed by atoms with E-state index >= 15 is 0 Å². The number of aliphatic hydroxyl groups is 1. The number of halogens is 1. The largest absolute Gasteiger partial charge is 0.478 e. The number of nitrogens with zero attached hydrogens (tertiary/aromatic N) is 3. The summed E-state index contributed by atoms with van der Waals surface area (Å²) in [5.41, 5.74) is 1.36. The summed E-state index contributed by atoms with van der Waals surface area (Å²) in [7, 11) is 0. The van der Waals surface area contributed by atoms with Gasteiger partial charge in [-0.05, 0) is 51.1 Å². The van der Waals surface area contributed by atoms with Crippen LogP contribution in [-0.4, -0.2) is 74.3 Å². The maximum atomic E-state index is 13.4. The van der Waals surface area contributed by atoms with Crippen molar-refractivity contribution in [2.45, 2.75) is 31.4 Å². The highest BCUT2D eigenvalue weighted by atomic mass is 19.1. The molecule has 2 aromatic carbocycles. The summed E-state index contributed by atoms with van der Waals surface area (Å²) in [4.78, 5) is 35.7. The van der Waals surface area contributed by atoms with Crippen LogP contribution in [0.1, 0.15) is 47.3 Å². The van der Waals surface area contributed by atoms with E-state index in [1.54, 1.807) is 24.0 Å². The summed E-state index contributed by atoms with van der Waals surface area (Å²) in [6, 6.07) is 11.8. The van der Waals surface area contributed by atoms with Crippen LogP contribution < -0.4 is 0 Å². The number of carbonyl (C=O) groups is 3. The van der Waals surface area contributed by atoms with Crippen molar-refractivity contribution in [2.24, 2.45) is 0 Å². The average molecular weight is 526 g/mol. The Kier molecular flexibility index (Phi) is 7.88. The van der Waals surface area contributed by atoms with Crippen molar-refractivity contribution in [2.75, 3.05) is 26.2 Å². The van der Waals surface area contributed by atoms with Crippen LogP contribution in [-0.2, 0) is 15.3 Å². The SMILES string of the molecule is CC1(O)c2ccccc2C(=O)N1CCN1CCC(c2noc3cc(F)ccc23)CC1.O=C(O)C=CC(=O)O. The number of carboxylic acid groups (broad SMARTS) is 2. The number of aromatic nitrogens is 1. The van der Waals surface area contributed by atoms with Gasteiger partial charge < -0.3 is 29.6 Å². The van der Waals surface area contributed by atoms with Gasteiger partial charge in [0.15, 0.2) is 11.3 Å². The molecule has 1 unspecified atom stereocenters. The van der Waals surface area contributed by atoms with Gasteiger partial charge in [-0.1, -0.05) is 23.4 Å². The first-order valence-electron chi connectivity index (χ1n) is 12.1. The van der Waals surface area contributed by atoms with E-state index in [0.29, 0.717) is 42.0 Å². The lowest BCUT2D eigenvalue weighted by molar-refractivity contribution is -0.134. The van der Waals surface area contributed by atoms with E-state index < -0.39 is 17.7 Å². The van der Waals surface area contributed by atoms with E-state index in [1.165, 1.54) is 12.1 Å². The molecule has 1 saturated heterocycles. The van der Waals surface area contributed by atoms with E-state index in [9.17, 15) is 23.9 Å². The van der Waals surface area contributed by atoms with Crippen molar-refractivity contribution >= 4 is 28.8 Å². The normalized spacial score (nSPS) is 20.0. The summed E-state index contributed by atoms with van der Waals surface area (Å²) >= 11 is 0. The second-order valence-electron chi connectivity index (χ2n) is 9.36. The monoisotopic (exact) mass is 525 g/mol. The van der Waals surface area contributed by atoms with Crippen molar-refractivity contribution in [3.63, 3.8) is 0 Å². The Morgan fingerprint density at radius 1 is 1.11 bits per heavy atom. The number of hydrogen-bond acceptors (Lipinski definition) is 7. The van der Waals surface area contributed by atoms with Crippen LogP contribution in [0.15, 0.2) is 59.1 Å². The molecule has 1 aromatic heterocycles. The van der Waals surface area contributed by atoms with E-state index in [4.69, 9.17) is 14.7 Å². The summed E-state index contributed by atoms with van der Waals surface area (Å²) in [6.07, 6.45) is 2.96. The van der Waals surface area contributed by atoms with Crippen LogP contribution in [0.3, 0.4) is 0 Å². The van der Waals surface area contributed by atoms with Gasteiger partial charge in [0.05, 0.1) is 5.69 Å². The Balaban J connectivity index is 0.000000368. The highest BCUT2D eigenvalue weighted by Crippen LogP contribution is 2.37. The third kappa shape index (κ3) is 5.74. The first kappa shape index (κ1) is 27.0. The number of hydrogen-bond donors (Lipinski definition) is 3. The molecule has 0 bridgehead atoms. The van der Waals surface area contributed by atoms with Crippen molar-refractivity contribution < 1.29 is 38.6 Å². The van der Waals surface area contributed by atoms with E-state index in [-0.39, 0.29) is 17.6 Å². The fraction of sp³-hybridized carbons (Fsp3) is 0.333. The molecule has 11 heteroatoms. The van der Waals surface area contributed by atoms with Gasteiger partial charge in [-0.15, -0.1) is 0 Å². The van der Waals surface area contributed by atoms with Crippen LogP contribution in [0.25, 0.3) is 11.0 Å². The number of rotatable bonds is 6. The maximum Gasteiger partial charge on any atom is 0.328 e. The first-order chi connectivity index (χ1) is 18.1. The third-order valence-corrected chi connectivity index (χ3v) is 6.88. The van der Waals surface area contributed by atoms with Crippen molar-refractivity contribution in [1.29, 1.82) is 0 Å². The molecule has 0 radical (unpaired) electrons. The quantitative estimate of drug-likeness (QED) is 0.413. The highest BCUT2D eigenvalue weighted by molar-refractivity contribution is 5.99. The molecular formula is C27H28FN3O7. The molecule has 1 fully saturated rings. The number of amides is 1. The number of fused-ring (bicyclic) bond motifs is 2. The van der Waals surface area contributed by atoms with Crippen molar-refractivity contribution in [3.05, 3.63) is 77.3 Å². The number of carboxylic acids is 2. The van der Waals surface area contributed by atoms with Gasteiger partial charge in [-0.25, -0.2) is 14.0 Å². The van der Waals surface area contributed by atoms with Gasteiger partial charge in [0.1, 0.15) is 5.82 Å². The lowest BCUT2D eigenvalue weighted by Crippen LogP contribution is -2.46. The highest BCUT2D eigenvalue weighted by Gasteiger charge is 2.44. The number of carbonyl (C=O) groups excluding carboxylic acids is 1. The van der Waals surface area contributed by atoms with Crippen LogP contribution in [0, 0.1) is 5.82 Å². The summed E-state index contributed by atoms with van der Waals surface area (Å²) in [5.74, 6) is -2.69. The Bertz CT molecular complexity index is 1360. The molecule has 2 aliphatic heterocycles. The predicted octanol–water partition coefficient (Wildman–Crippen LogP) is 3.18. The molecule has 0 saturated carbocycles. The minimum absolute atomic E-state index is 0.119. The predicted molar refractivity (Wildman–Crippen MR) is 134 cm³/mol. The molecule has 1 atom stereocenters. The topological polar surface area (TPSA) is 144 Å². The molecule has 3 heterocycles. The first-order valence-corrected chi connectivity index (χ1v) is 12.1. The zero-order valence-electron chi connectivity index (χ0n) is 20.7. The number of benzene rings is 2. The fourth-order valence-corrected chi connectivity index (χ4v) is 4.93. The molecule has 1 amide bonds. The Hall–Kier alpha value is -4.09. The smallest absolute Gasteiger partial charge is 0.328 e. The fourth-order valence-electron chi connectivity index (χ4n) is 4.93. The molecule has 0 spiro atoms. The maximum absolute atomic E-state index is 13.4. The zero-order chi connectivity index (χ0) is 27.4. The van der Waals surface area contributed by atoms with E-state index in [1.807, 2.05) is 18.2 Å². The summed E-state index contributed by atoms with van der Waals surface area (Å²) < 4.78 is 18.7. The van der Waals surface area contributed by atoms with Gasteiger partial charge in [0.2, 0.25) is 0 Å².